The summed E-state index contributed by atoms with van der Waals surface area (Å²) < 4.78 is 26.1. The molecule has 3 rings (SSSR count). The van der Waals surface area contributed by atoms with Gasteiger partial charge in [-0.05, 0) is 29.7 Å². The van der Waals surface area contributed by atoms with Crippen molar-refractivity contribution in [3.05, 3.63) is 90.5 Å². The predicted octanol–water partition coefficient (Wildman–Crippen LogP) is 3.86. The van der Waals surface area contributed by atoms with Crippen molar-refractivity contribution >= 4 is 38.3 Å². The molecule has 0 bridgehead atoms. The Morgan fingerprint density at radius 1 is 0.760 bits per heavy atom. The zero-order chi connectivity index (χ0) is 17.9. The Morgan fingerprint density at radius 2 is 1.20 bits per heavy atom. The molecule has 0 heterocycles. The molecular weight excluding hydrogens is 367 g/mol. The van der Waals surface area contributed by atoms with Crippen LogP contribution in [0.25, 0.3) is 0 Å². The first-order chi connectivity index (χ1) is 11.9. The molecule has 0 radical (unpaired) electrons. The molecule has 0 N–H and O–H groups in total. The molecule has 0 unspecified atom stereocenters. The van der Waals surface area contributed by atoms with Gasteiger partial charge in [-0.3, -0.25) is 0 Å². The maximum absolute atomic E-state index is 13.1. The van der Waals surface area contributed by atoms with E-state index in [1.165, 1.54) is 0 Å². The van der Waals surface area contributed by atoms with Crippen LogP contribution in [0.5, 0.6) is 0 Å². The summed E-state index contributed by atoms with van der Waals surface area (Å²) in [5.74, 6) is 0. The normalized spacial score (nSPS) is 12.0. The van der Waals surface area contributed by atoms with Crippen LogP contribution in [-0.4, -0.2) is 13.9 Å². The minimum Gasteiger partial charge on any atom is -0.223 e. The molecule has 3 aromatic carbocycles. The molecule has 0 saturated carbocycles. The Kier molecular flexibility index (Phi) is 5.24. The largest absolute Gasteiger partial charge is 0.223 e. The maximum atomic E-state index is 13.1. The fourth-order valence-corrected chi connectivity index (χ4v) is 10.5. The predicted molar refractivity (Wildman–Crippen MR) is 110 cm³/mol. The fourth-order valence-electron chi connectivity index (χ4n) is 2.70. The van der Waals surface area contributed by atoms with Gasteiger partial charge in [0.05, 0.1) is 10.4 Å². The average molecular weight is 386 g/mol. The third-order valence-corrected chi connectivity index (χ3v) is 12.4. The van der Waals surface area contributed by atoms with Gasteiger partial charge in [0.2, 0.25) is 0 Å². The minimum atomic E-state index is -3.49. The van der Waals surface area contributed by atoms with Crippen LogP contribution in [0.1, 0.15) is 5.56 Å². The Balaban J connectivity index is 2.11. The van der Waals surface area contributed by atoms with Crippen LogP contribution < -0.4 is 10.6 Å². The third kappa shape index (κ3) is 3.92. The molecule has 0 aliphatic rings. The van der Waals surface area contributed by atoms with Gasteiger partial charge in [0.15, 0.2) is 9.84 Å². The van der Waals surface area contributed by atoms with E-state index in [0.29, 0.717) is 4.90 Å². The summed E-state index contributed by atoms with van der Waals surface area (Å²) in [6.07, 6.45) is 0. The summed E-state index contributed by atoms with van der Waals surface area (Å²) in [6, 6.07) is 23.8. The highest BCUT2D eigenvalue weighted by molar-refractivity contribution is 8.26. The van der Waals surface area contributed by atoms with E-state index in [0.717, 1.165) is 16.2 Å². The molecule has 0 aliphatic heterocycles. The second-order valence-electron chi connectivity index (χ2n) is 5.97. The summed E-state index contributed by atoms with van der Waals surface area (Å²) in [5.41, 5.74) is 0.983. The van der Waals surface area contributed by atoms with Crippen LogP contribution in [0.4, 0.5) is 0 Å². The third-order valence-electron chi connectivity index (χ3n) is 4.08. The number of benzene rings is 3. The lowest BCUT2D eigenvalue weighted by Gasteiger charge is -2.23. The topological polar surface area (TPSA) is 34.1 Å². The van der Waals surface area contributed by atoms with E-state index in [1.807, 2.05) is 79.7 Å². The van der Waals surface area contributed by atoms with Crippen molar-refractivity contribution in [2.24, 2.45) is 0 Å². The van der Waals surface area contributed by atoms with Crippen molar-refractivity contribution in [2.45, 2.75) is 11.8 Å². The number of aryl methyl sites for hydroxylation is 1. The van der Waals surface area contributed by atoms with Crippen molar-refractivity contribution in [1.82, 2.24) is 0 Å². The van der Waals surface area contributed by atoms with Gasteiger partial charge in [0, 0.05) is 6.04 Å². The first-order valence-corrected chi connectivity index (χ1v) is 12.6. The molecule has 128 valence electrons. The van der Waals surface area contributed by atoms with Gasteiger partial charge >= 0.3 is 0 Å². The van der Waals surface area contributed by atoms with Crippen LogP contribution in [-0.2, 0) is 21.6 Å². The van der Waals surface area contributed by atoms with Gasteiger partial charge in [-0.15, -0.1) is 0 Å². The lowest BCUT2D eigenvalue weighted by molar-refractivity contribution is 0.600. The van der Waals surface area contributed by atoms with Crippen molar-refractivity contribution in [3.63, 3.8) is 0 Å². The minimum absolute atomic E-state index is 0.0492. The first-order valence-electron chi connectivity index (χ1n) is 7.91. The van der Waals surface area contributed by atoms with E-state index in [2.05, 4.69) is 0 Å². The Hall–Kier alpha value is -1.74. The summed E-state index contributed by atoms with van der Waals surface area (Å²) >= 11 is 6.04. The summed E-state index contributed by atoms with van der Waals surface area (Å²) in [7, 11) is -3.49. The van der Waals surface area contributed by atoms with Crippen molar-refractivity contribution < 1.29 is 8.42 Å². The van der Waals surface area contributed by atoms with E-state index >= 15 is 0 Å². The first kappa shape index (κ1) is 18.1. The van der Waals surface area contributed by atoms with Crippen molar-refractivity contribution in [1.29, 1.82) is 0 Å². The van der Waals surface area contributed by atoms with Crippen LogP contribution in [0.15, 0.2) is 89.8 Å². The van der Waals surface area contributed by atoms with Gasteiger partial charge in [0.25, 0.3) is 0 Å². The van der Waals surface area contributed by atoms with Crippen molar-refractivity contribution in [2.75, 3.05) is 5.49 Å². The Bertz CT molecular complexity index is 953. The maximum Gasteiger partial charge on any atom is 0.183 e. The van der Waals surface area contributed by atoms with Gasteiger partial charge in [-0.2, -0.15) is 0 Å². The van der Waals surface area contributed by atoms with E-state index in [9.17, 15) is 8.42 Å². The number of rotatable bonds is 5. The highest BCUT2D eigenvalue weighted by atomic mass is 32.4. The molecule has 0 amide bonds. The zero-order valence-electron chi connectivity index (χ0n) is 13.9. The SMILES string of the molecule is Cc1ccc(S(=O)(=O)CP(=S)(c2ccccc2)c2ccccc2)cc1. The standard InChI is InChI=1S/C20H19O2PS2/c1-17-12-14-20(15-13-17)25(21,22)16-23(24,18-8-4-2-5-9-18)19-10-6-3-7-11-19/h2-15H,16H2,1H3. The summed E-state index contributed by atoms with van der Waals surface area (Å²) in [5, 5.41) is 1.85. The molecule has 3 aromatic rings. The lowest BCUT2D eigenvalue weighted by Crippen LogP contribution is -2.22. The highest BCUT2D eigenvalue weighted by Gasteiger charge is 2.30. The monoisotopic (exact) mass is 386 g/mol. The van der Waals surface area contributed by atoms with Crippen LogP contribution in [0, 0.1) is 6.92 Å². The number of hydrogen-bond acceptors (Lipinski definition) is 3. The number of hydrogen-bond donors (Lipinski definition) is 0. The quantitative estimate of drug-likeness (QED) is 0.625. The number of sulfone groups is 1. The fraction of sp³-hybridized carbons (Fsp3) is 0.100. The molecule has 2 nitrogen and oxygen atoms in total. The zero-order valence-corrected chi connectivity index (χ0v) is 16.4. The van der Waals surface area contributed by atoms with Gasteiger partial charge in [0.1, 0.15) is 0 Å². The van der Waals surface area contributed by atoms with Crippen LogP contribution >= 0.6 is 6.04 Å². The van der Waals surface area contributed by atoms with Crippen LogP contribution in [0.3, 0.4) is 0 Å². The summed E-state index contributed by atoms with van der Waals surface area (Å²) in [6.45, 7) is 1.94. The molecule has 0 spiro atoms. The molecule has 0 fully saturated rings. The molecular formula is C20H19O2PS2. The molecule has 0 aliphatic carbocycles. The van der Waals surface area contributed by atoms with E-state index < -0.39 is 15.9 Å². The van der Waals surface area contributed by atoms with E-state index in [-0.39, 0.29) is 5.49 Å². The Labute approximate surface area is 154 Å². The van der Waals surface area contributed by atoms with Gasteiger partial charge in [-0.25, -0.2) is 8.42 Å². The molecule has 0 aromatic heterocycles. The smallest absolute Gasteiger partial charge is 0.183 e. The van der Waals surface area contributed by atoms with E-state index in [4.69, 9.17) is 11.8 Å². The van der Waals surface area contributed by atoms with Crippen molar-refractivity contribution in [3.8, 4) is 0 Å². The highest BCUT2D eigenvalue weighted by Crippen LogP contribution is 2.46. The Morgan fingerprint density at radius 3 is 1.64 bits per heavy atom. The molecule has 0 saturated heterocycles. The molecule has 25 heavy (non-hydrogen) atoms. The van der Waals surface area contributed by atoms with E-state index in [1.54, 1.807) is 12.1 Å². The average Bonchev–Trinajstić information content (AvgIpc) is 2.63. The van der Waals surface area contributed by atoms with Gasteiger partial charge < -0.3 is 0 Å². The molecule has 5 heteroatoms. The van der Waals surface area contributed by atoms with Crippen LogP contribution in [0.2, 0.25) is 0 Å². The second kappa shape index (κ2) is 7.25. The summed E-state index contributed by atoms with van der Waals surface area (Å²) in [4.78, 5) is 0.333. The lowest BCUT2D eigenvalue weighted by atomic mass is 10.2. The van der Waals surface area contributed by atoms with Gasteiger partial charge in [-0.1, -0.05) is 90.2 Å². The molecule has 0 atom stereocenters. The second-order valence-corrected chi connectivity index (χ2v) is 13.1.